The summed E-state index contributed by atoms with van der Waals surface area (Å²) >= 11 is 0. The molecular formula is C23H34N4O5. The largest absolute Gasteiger partial charge is 0.493 e. The summed E-state index contributed by atoms with van der Waals surface area (Å²) in [6, 6.07) is 3.67. The SMILES string of the molecule is CCN(CC)CCOc1cc(NC(=O)C(C)N2C(=O)NC3(CCCC3)C2=O)ccc1OC. The number of benzene rings is 1. The van der Waals surface area contributed by atoms with Crippen LogP contribution in [0.1, 0.15) is 46.5 Å². The van der Waals surface area contributed by atoms with Gasteiger partial charge in [-0.15, -0.1) is 0 Å². The van der Waals surface area contributed by atoms with Crippen molar-refractivity contribution >= 4 is 23.5 Å². The van der Waals surface area contributed by atoms with Crippen LogP contribution < -0.4 is 20.1 Å². The van der Waals surface area contributed by atoms with Crippen LogP contribution in [0.5, 0.6) is 11.5 Å². The molecule has 1 unspecified atom stereocenters. The van der Waals surface area contributed by atoms with Gasteiger partial charge in [0.25, 0.3) is 5.91 Å². The van der Waals surface area contributed by atoms with Crippen LogP contribution in [-0.2, 0) is 9.59 Å². The summed E-state index contributed by atoms with van der Waals surface area (Å²) in [5.74, 6) is 0.332. The molecule has 176 valence electrons. The monoisotopic (exact) mass is 446 g/mol. The highest BCUT2D eigenvalue weighted by molar-refractivity contribution is 6.11. The third kappa shape index (κ3) is 4.82. The predicted octanol–water partition coefficient (Wildman–Crippen LogP) is 2.61. The topological polar surface area (TPSA) is 100 Å². The van der Waals surface area contributed by atoms with E-state index in [-0.39, 0.29) is 5.91 Å². The van der Waals surface area contributed by atoms with Gasteiger partial charge in [0.1, 0.15) is 18.2 Å². The second kappa shape index (κ2) is 10.2. The van der Waals surface area contributed by atoms with Crippen molar-refractivity contribution in [1.29, 1.82) is 0 Å². The van der Waals surface area contributed by atoms with Crippen LogP contribution >= 0.6 is 0 Å². The first-order chi connectivity index (χ1) is 15.3. The molecule has 1 heterocycles. The van der Waals surface area contributed by atoms with Gasteiger partial charge in [-0.3, -0.25) is 9.59 Å². The molecule has 1 saturated carbocycles. The number of rotatable bonds is 10. The Hall–Kier alpha value is -2.81. The Morgan fingerprint density at radius 3 is 2.53 bits per heavy atom. The van der Waals surface area contributed by atoms with Crippen molar-refractivity contribution in [3.05, 3.63) is 18.2 Å². The maximum Gasteiger partial charge on any atom is 0.325 e. The lowest BCUT2D eigenvalue weighted by Gasteiger charge is -2.23. The van der Waals surface area contributed by atoms with Crippen molar-refractivity contribution in [2.75, 3.05) is 38.7 Å². The summed E-state index contributed by atoms with van der Waals surface area (Å²) < 4.78 is 11.3. The fraction of sp³-hybridized carbons (Fsp3) is 0.609. The maximum absolute atomic E-state index is 12.9. The molecule has 1 atom stereocenters. The van der Waals surface area contributed by atoms with Crippen LogP contribution in [0.4, 0.5) is 10.5 Å². The Balaban J connectivity index is 1.66. The van der Waals surface area contributed by atoms with E-state index in [4.69, 9.17) is 9.47 Å². The summed E-state index contributed by atoms with van der Waals surface area (Å²) in [7, 11) is 1.56. The van der Waals surface area contributed by atoms with Crippen LogP contribution in [-0.4, -0.2) is 72.6 Å². The minimum Gasteiger partial charge on any atom is -0.493 e. The number of amides is 4. The molecule has 0 radical (unpaired) electrons. The molecule has 32 heavy (non-hydrogen) atoms. The molecule has 1 aromatic rings. The van der Waals surface area contributed by atoms with Gasteiger partial charge < -0.3 is 25.0 Å². The number of urea groups is 1. The van der Waals surface area contributed by atoms with Crippen LogP contribution in [0, 0.1) is 0 Å². The van der Waals surface area contributed by atoms with Gasteiger partial charge in [0.2, 0.25) is 5.91 Å². The number of nitrogens with zero attached hydrogens (tertiary/aromatic N) is 2. The third-order valence-corrected chi connectivity index (χ3v) is 6.41. The number of methoxy groups -OCH3 is 1. The molecular weight excluding hydrogens is 412 g/mol. The second-order valence-corrected chi connectivity index (χ2v) is 8.30. The molecule has 2 N–H and O–H groups in total. The zero-order valence-corrected chi connectivity index (χ0v) is 19.4. The van der Waals surface area contributed by atoms with E-state index in [1.165, 1.54) is 0 Å². The van der Waals surface area contributed by atoms with E-state index in [9.17, 15) is 14.4 Å². The number of likely N-dealkylation sites (N-methyl/N-ethyl adjacent to an activating group) is 1. The fourth-order valence-corrected chi connectivity index (χ4v) is 4.37. The summed E-state index contributed by atoms with van der Waals surface area (Å²) in [5, 5.41) is 5.60. The number of ether oxygens (including phenoxy) is 2. The molecule has 1 aliphatic heterocycles. The number of imide groups is 1. The molecule has 0 bridgehead atoms. The molecule has 0 aromatic heterocycles. The van der Waals surface area contributed by atoms with Crippen LogP contribution in [0.3, 0.4) is 0 Å². The average molecular weight is 447 g/mol. The average Bonchev–Trinajstić information content (AvgIpc) is 3.35. The van der Waals surface area contributed by atoms with Crippen molar-refractivity contribution in [2.45, 2.75) is 58.0 Å². The Labute approximate surface area is 189 Å². The summed E-state index contributed by atoms with van der Waals surface area (Å²) in [6.45, 7) is 8.90. The molecule has 9 heteroatoms. The highest BCUT2D eigenvalue weighted by Crippen LogP contribution is 2.36. The minimum absolute atomic E-state index is 0.308. The van der Waals surface area contributed by atoms with Gasteiger partial charge in [0.05, 0.1) is 7.11 Å². The first-order valence-corrected chi connectivity index (χ1v) is 11.3. The Kier molecular flexibility index (Phi) is 7.60. The van der Waals surface area contributed by atoms with Gasteiger partial charge in [-0.2, -0.15) is 0 Å². The van der Waals surface area contributed by atoms with Gasteiger partial charge in [0.15, 0.2) is 11.5 Å². The van der Waals surface area contributed by atoms with Gasteiger partial charge >= 0.3 is 6.03 Å². The molecule has 4 amide bonds. The number of anilines is 1. The highest BCUT2D eigenvalue weighted by Gasteiger charge is 2.54. The van der Waals surface area contributed by atoms with Crippen LogP contribution in [0.15, 0.2) is 18.2 Å². The molecule has 1 aliphatic carbocycles. The Morgan fingerprint density at radius 1 is 1.22 bits per heavy atom. The summed E-state index contributed by atoms with van der Waals surface area (Å²) in [4.78, 5) is 41.6. The van der Waals surface area contributed by atoms with Crippen molar-refractivity contribution in [1.82, 2.24) is 15.1 Å². The molecule has 9 nitrogen and oxygen atoms in total. The van der Waals surface area contributed by atoms with E-state index in [1.54, 1.807) is 32.2 Å². The maximum atomic E-state index is 12.9. The number of carbonyl (C=O) groups excluding carboxylic acids is 3. The molecule has 3 rings (SSSR count). The standard InChI is InChI=1S/C23H34N4O5/c1-5-26(6-2)13-14-32-19-15-17(9-10-18(19)31-4)24-20(28)16(3)27-21(29)23(25-22(27)30)11-7-8-12-23/h9-10,15-16H,5-8,11-14H2,1-4H3,(H,24,28)(H,25,30). The van der Waals surface area contributed by atoms with Crippen LogP contribution in [0.25, 0.3) is 0 Å². The van der Waals surface area contributed by atoms with Gasteiger partial charge in [-0.05, 0) is 45.0 Å². The molecule has 1 saturated heterocycles. The number of nitrogens with one attached hydrogen (secondary N) is 2. The number of hydrogen-bond donors (Lipinski definition) is 2. The van der Waals surface area contributed by atoms with Crippen molar-refractivity contribution in [2.24, 2.45) is 0 Å². The first kappa shape index (κ1) is 23.8. The van der Waals surface area contributed by atoms with Crippen LogP contribution in [0.2, 0.25) is 0 Å². The number of hydrogen-bond acceptors (Lipinski definition) is 6. The normalized spacial score (nSPS) is 18.2. The Bertz CT molecular complexity index is 849. The second-order valence-electron chi connectivity index (χ2n) is 8.30. The van der Waals surface area contributed by atoms with E-state index in [1.807, 2.05) is 0 Å². The summed E-state index contributed by atoms with van der Waals surface area (Å²) in [5.41, 5.74) is -0.333. The molecule has 1 aromatic carbocycles. The van der Waals surface area contributed by atoms with Crippen molar-refractivity contribution in [3.8, 4) is 11.5 Å². The quantitative estimate of drug-likeness (QED) is 0.536. The lowest BCUT2D eigenvalue weighted by molar-refractivity contribution is -0.136. The Morgan fingerprint density at radius 2 is 1.91 bits per heavy atom. The first-order valence-electron chi connectivity index (χ1n) is 11.3. The minimum atomic E-state index is -0.934. The number of carbonyl (C=O) groups is 3. The smallest absolute Gasteiger partial charge is 0.325 e. The lowest BCUT2D eigenvalue weighted by Crippen LogP contribution is -2.48. The third-order valence-electron chi connectivity index (χ3n) is 6.41. The molecule has 2 aliphatic rings. The predicted molar refractivity (Wildman–Crippen MR) is 121 cm³/mol. The van der Waals surface area contributed by atoms with E-state index in [0.717, 1.165) is 37.4 Å². The van der Waals surface area contributed by atoms with E-state index in [0.29, 0.717) is 36.6 Å². The van der Waals surface area contributed by atoms with Crippen molar-refractivity contribution < 1.29 is 23.9 Å². The summed E-state index contributed by atoms with van der Waals surface area (Å²) in [6.07, 6.45) is 3.02. The highest BCUT2D eigenvalue weighted by atomic mass is 16.5. The van der Waals surface area contributed by atoms with E-state index < -0.39 is 23.5 Å². The van der Waals surface area contributed by atoms with Gasteiger partial charge in [-0.1, -0.05) is 26.7 Å². The van der Waals surface area contributed by atoms with Gasteiger partial charge in [0, 0.05) is 18.3 Å². The lowest BCUT2D eigenvalue weighted by atomic mass is 9.97. The zero-order chi connectivity index (χ0) is 23.3. The van der Waals surface area contributed by atoms with E-state index >= 15 is 0 Å². The molecule has 2 fully saturated rings. The zero-order valence-electron chi connectivity index (χ0n) is 19.4. The molecule has 1 spiro atoms. The van der Waals surface area contributed by atoms with Gasteiger partial charge in [-0.25, -0.2) is 9.69 Å². The fourth-order valence-electron chi connectivity index (χ4n) is 4.37. The van der Waals surface area contributed by atoms with E-state index in [2.05, 4.69) is 29.4 Å². The van der Waals surface area contributed by atoms with Crippen molar-refractivity contribution in [3.63, 3.8) is 0 Å².